The molecule has 0 aliphatic heterocycles. The van der Waals surface area contributed by atoms with Crippen LogP contribution in [0.25, 0.3) is 21.9 Å². The fraction of sp³-hybridized carbons (Fsp3) is 0.188. The molecule has 110 valence electrons. The van der Waals surface area contributed by atoms with Crippen molar-refractivity contribution in [3.05, 3.63) is 42.5 Å². The number of hydrogen-bond donors (Lipinski definition) is 2. The number of para-hydroxylation sites is 1. The van der Waals surface area contributed by atoms with Gasteiger partial charge in [-0.1, -0.05) is 25.1 Å². The number of nitrogens with two attached hydrogens (primary N) is 1. The third kappa shape index (κ3) is 2.86. The smallest absolute Gasteiger partial charge is 0.241 e. The van der Waals surface area contributed by atoms with E-state index in [4.69, 9.17) is 10.2 Å². The molecule has 1 amide bonds. The Bertz CT molecular complexity index is 782. The van der Waals surface area contributed by atoms with Crippen LogP contribution in [-0.4, -0.2) is 11.9 Å². The van der Waals surface area contributed by atoms with Crippen molar-refractivity contribution in [3.63, 3.8) is 0 Å². The number of nitrogens with one attached hydrogen (secondary N) is 1. The second-order valence-electron chi connectivity index (χ2n) is 4.81. The summed E-state index contributed by atoms with van der Waals surface area (Å²) in [6, 6.07) is 13.0. The maximum Gasteiger partial charge on any atom is 0.241 e. The van der Waals surface area contributed by atoms with Crippen molar-refractivity contribution in [3.8, 4) is 0 Å². The topological polar surface area (TPSA) is 68.3 Å². The van der Waals surface area contributed by atoms with Gasteiger partial charge in [0, 0.05) is 22.5 Å². The number of benzene rings is 2. The van der Waals surface area contributed by atoms with Crippen LogP contribution >= 0.6 is 12.4 Å². The van der Waals surface area contributed by atoms with E-state index in [1.54, 1.807) is 0 Å². The van der Waals surface area contributed by atoms with Crippen LogP contribution in [0.15, 0.2) is 46.9 Å². The van der Waals surface area contributed by atoms with E-state index >= 15 is 0 Å². The van der Waals surface area contributed by atoms with E-state index in [2.05, 4.69) is 5.32 Å². The summed E-state index contributed by atoms with van der Waals surface area (Å²) in [5.74, 6) is -0.178. The average Bonchev–Trinajstić information content (AvgIpc) is 2.83. The van der Waals surface area contributed by atoms with Crippen molar-refractivity contribution < 1.29 is 9.21 Å². The van der Waals surface area contributed by atoms with Gasteiger partial charge >= 0.3 is 0 Å². The van der Waals surface area contributed by atoms with E-state index < -0.39 is 6.04 Å². The molecule has 21 heavy (non-hydrogen) atoms. The van der Waals surface area contributed by atoms with Gasteiger partial charge in [-0.05, 0) is 24.6 Å². The van der Waals surface area contributed by atoms with E-state index in [0.29, 0.717) is 12.1 Å². The molecule has 3 rings (SSSR count). The second-order valence-corrected chi connectivity index (χ2v) is 4.81. The van der Waals surface area contributed by atoms with Crippen LogP contribution in [0.3, 0.4) is 0 Å². The Hall–Kier alpha value is -2.04. The Morgan fingerprint density at radius 2 is 1.90 bits per heavy atom. The molecular weight excluding hydrogens is 288 g/mol. The zero-order valence-electron chi connectivity index (χ0n) is 11.6. The van der Waals surface area contributed by atoms with E-state index in [1.807, 2.05) is 49.4 Å². The predicted octanol–water partition coefficient (Wildman–Crippen LogP) is 3.68. The molecule has 0 fully saturated rings. The summed E-state index contributed by atoms with van der Waals surface area (Å²) in [5, 5.41) is 4.92. The molecule has 0 aliphatic carbocycles. The molecule has 1 heterocycles. The minimum atomic E-state index is -0.485. The molecule has 0 saturated heterocycles. The first-order valence-electron chi connectivity index (χ1n) is 6.67. The van der Waals surface area contributed by atoms with Crippen LogP contribution in [0.2, 0.25) is 0 Å². The third-order valence-electron chi connectivity index (χ3n) is 3.42. The molecule has 4 nitrogen and oxygen atoms in total. The van der Waals surface area contributed by atoms with Crippen molar-refractivity contribution >= 4 is 45.9 Å². The summed E-state index contributed by atoms with van der Waals surface area (Å²) in [7, 11) is 0. The molecule has 1 atom stereocenters. The SMILES string of the molecule is CC[C@H](N)C(=O)Nc1ccc2c(c1)oc1ccccc12.Cl. The maximum atomic E-state index is 11.8. The summed E-state index contributed by atoms with van der Waals surface area (Å²) in [5.41, 5.74) is 8.00. The van der Waals surface area contributed by atoms with Crippen molar-refractivity contribution in [2.75, 3.05) is 5.32 Å². The van der Waals surface area contributed by atoms with E-state index in [0.717, 1.165) is 21.9 Å². The van der Waals surface area contributed by atoms with Gasteiger partial charge in [-0.3, -0.25) is 4.79 Å². The number of carbonyl (C=O) groups is 1. The lowest BCUT2D eigenvalue weighted by Crippen LogP contribution is -2.34. The first-order chi connectivity index (χ1) is 9.69. The number of anilines is 1. The second kappa shape index (κ2) is 6.16. The molecule has 0 saturated carbocycles. The highest BCUT2D eigenvalue weighted by molar-refractivity contribution is 6.06. The lowest BCUT2D eigenvalue weighted by atomic mass is 10.1. The molecule has 0 radical (unpaired) electrons. The normalized spacial score (nSPS) is 12.1. The summed E-state index contributed by atoms with van der Waals surface area (Å²) >= 11 is 0. The van der Waals surface area contributed by atoms with Gasteiger partial charge in [0.2, 0.25) is 5.91 Å². The van der Waals surface area contributed by atoms with Crippen molar-refractivity contribution in [2.24, 2.45) is 5.73 Å². The van der Waals surface area contributed by atoms with Crippen LogP contribution < -0.4 is 11.1 Å². The Kier molecular flexibility index (Phi) is 4.50. The van der Waals surface area contributed by atoms with Gasteiger partial charge in [0.1, 0.15) is 11.2 Å². The Morgan fingerprint density at radius 1 is 1.19 bits per heavy atom. The van der Waals surface area contributed by atoms with Gasteiger partial charge in [0.05, 0.1) is 6.04 Å². The molecule has 0 bridgehead atoms. The number of hydrogen-bond acceptors (Lipinski definition) is 3. The molecule has 0 aliphatic rings. The van der Waals surface area contributed by atoms with Gasteiger partial charge in [-0.2, -0.15) is 0 Å². The van der Waals surface area contributed by atoms with Crippen molar-refractivity contribution in [2.45, 2.75) is 19.4 Å². The van der Waals surface area contributed by atoms with Crippen LogP contribution in [0.1, 0.15) is 13.3 Å². The van der Waals surface area contributed by atoms with Crippen LogP contribution in [0, 0.1) is 0 Å². The molecule has 0 unspecified atom stereocenters. The van der Waals surface area contributed by atoms with Gasteiger partial charge in [-0.15, -0.1) is 12.4 Å². The van der Waals surface area contributed by atoms with Gasteiger partial charge in [-0.25, -0.2) is 0 Å². The van der Waals surface area contributed by atoms with Crippen LogP contribution in [0.4, 0.5) is 5.69 Å². The maximum absolute atomic E-state index is 11.8. The fourth-order valence-electron chi connectivity index (χ4n) is 2.22. The zero-order valence-corrected chi connectivity index (χ0v) is 12.4. The quantitative estimate of drug-likeness (QED) is 0.775. The number of halogens is 1. The highest BCUT2D eigenvalue weighted by Crippen LogP contribution is 2.30. The largest absolute Gasteiger partial charge is 0.456 e. The summed E-state index contributed by atoms with van der Waals surface area (Å²) in [6.45, 7) is 1.88. The minimum Gasteiger partial charge on any atom is -0.456 e. The predicted molar refractivity (Wildman–Crippen MR) is 87.9 cm³/mol. The monoisotopic (exact) mass is 304 g/mol. The fourth-order valence-corrected chi connectivity index (χ4v) is 2.22. The molecule has 1 aromatic heterocycles. The van der Waals surface area contributed by atoms with Crippen molar-refractivity contribution in [1.82, 2.24) is 0 Å². The number of rotatable bonds is 3. The van der Waals surface area contributed by atoms with E-state index in [-0.39, 0.29) is 18.3 Å². The lowest BCUT2D eigenvalue weighted by Gasteiger charge is -2.09. The van der Waals surface area contributed by atoms with Crippen LogP contribution in [-0.2, 0) is 4.79 Å². The standard InChI is InChI=1S/C16H16N2O2.ClH/c1-2-13(17)16(19)18-10-7-8-12-11-5-3-4-6-14(11)20-15(12)9-10;/h3-9,13H,2,17H2,1H3,(H,18,19);1H/t13-;/m0./s1. The number of furan rings is 1. The average molecular weight is 305 g/mol. The first-order valence-corrected chi connectivity index (χ1v) is 6.67. The van der Waals surface area contributed by atoms with Gasteiger partial charge < -0.3 is 15.5 Å². The highest BCUT2D eigenvalue weighted by Gasteiger charge is 2.12. The van der Waals surface area contributed by atoms with Gasteiger partial charge in [0.25, 0.3) is 0 Å². The molecular formula is C16H17ClN2O2. The van der Waals surface area contributed by atoms with Crippen LogP contribution in [0.5, 0.6) is 0 Å². The number of carbonyl (C=O) groups excluding carboxylic acids is 1. The zero-order chi connectivity index (χ0) is 14.1. The van der Waals surface area contributed by atoms with E-state index in [1.165, 1.54) is 0 Å². The molecule has 3 N–H and O–H groups in total. The van der Waals surface area contributed by atoms with Gasteiger partial charge in [0.15, 0.2) is 0 Å². The van der Waals surface area contributed by atoms with E-state index in [9.17, 15) is 4.79 Å². The summed E-state index contributed by atoms with van der Waals surface area (Å²) in [4.78, 5) is 11.8. The Morgan fingerprint density at radius 3 is 2.67 bits per heavy atom. The Labute approximate surface area is 128 Å². The minimum absolute atomic E-state index is 0. The number of fused-ring (bicyclic) bond motifs is 3. The molecule has 3 aromatic rings. The molecule has 5 heteroatoms. The molecule has 0 spiro atoms. The lowest BCUT2D eigenvalue weighted by molar-refractivity contribution is -0.117. The third-order valence-corrected chi connectivity index (χ3v) is 3.42. The summed E-state index contributed by atoms with van der Waals surface area (Å²) < 4.78 is 5.78. The summed E-state index contributed by atoms with van der Waals surface area (Å²) in [6.07, 6.45) is 0.610. The van der Waals surface area contributed by atoms with Crippen molar-refractivity contribution in [1.29, 1.82) is 0 Å². The molecule has 2 aromatic carbocycles. The highest BCUT2D eigenvalue weighted by atomic mass is 35.5. The number of amides is 1. The Balaban J connectivity index is 0.00000161. The first kappa shape index (κ1) is 15.4.